The standard InChI is InChI=1S/C20H25N3O/c1-15-6-8-17(9-7-15)14-21-20(24)18-10-12-23(13-11-18)19-5-3-4-16(2)22-19/h3-9,18H,10-14H2,1-2H3,(H,21,24). The van der Waals surface area contributed by atoms with Gasteiger partial charge in [-0.3, -0.25) is 4.79 Å². The molecule has 4 heteroatoms. The molecule has 1 aliphatic rings. The number of aromatic nitrogens is 1. The van der Waals surface area contributed by atoms with Crippen LogP contribution in [0.2, 0.25) is 0 Å². The smallest absolute Gasteiger partial charge is 0.223 e. The molecule has 0 unspecified atom stereocenters. The number of carbonyl (C=O) groups excluding carboxylic acids is 1. The maximum Gasteiger partial charge on any atom is 0.223 e. The lowest BCUT2D eigenvalue weighted by atomic mass is 9.95. The van der Waals surface area contributed by atoms with E-state index in [1.165, 1.54) is 5.56 Å². The Morgan fingerprint density at radius 1 is 1.12 bits per heavy atom. The van der Waals surface area contributed by atoms with Crippen LogP contribution in [0.5, 0.6) is 0 Å². The van der Waals surface area contributed by atoms with Gasteiger partial charge in [-0.05, 0) is 44.4 Å². The van der Waals surface area contributed by atoms with Crippen LogP contribution in [0.15, 0.2) is 42.5 Å². The fraction of sp³-hybridized carbons (Fsp3) is 0.400. The van der Waals surface area contributed by atoms with Gasteiger partial charge in [0.15, 0.2) is 0 Å². The number of rotatable bonds is 4. The highest BCUT2D eigenvalue weighted by atomic mass is 16.1. The van der Waals surface area contributed by atoms with Gasteiger partial charge < -0.3 is 10.2 Å². The molecule has 2 heterocycles. The minimum atomic E-state index is 0.108. The summed E-state index contributed by atoms with van der Waals surface area (Å²) in [5.74, 6) is 1.30. The van der Waals surface area contributed by atoms with Crippen LogP contribution in [0.1, 0.15) is 29.7 Å². The Kier molecular flexibility index (Phi) is 5.14. The molecule has 4 nitrogen and oxygen atoms in total. The minimum absolute atomic E-state index is 0.108. The van der Waals surface area contributed by atoms with Crippen LogP contribution in [-0.2, 0) is 11.3 Å². The quantitative estimate of drug-likeness (QED) is 0.939. The average Bonchev–Trinajstić information content (AvgIpc) is 2.61. The number of hydrogen-bond donors (Lipinski definition) is 1. The zero-order valence-corrected chi connectivity index (χ0v) is 14.5. The topological polar surface area (TPSA) is 45.2 Å². The third-order valence-corrected chi connectivity index (χ3v) is 4.65. The van der Waals surface area contributed by atoms with Gasteiger partial charge in [0, 0.05) is 31.2 Å². The second kappa shape index (κ2) is 7.47. The van der Waals surface area contributed by atoms with E-state index in [0.717, 1.165) is 43.0 Å². The van der Waals surface area contributed by atoms with Crippen LogP contribution >= 0.6 is 0 Å². The molecule has 1 aliphatic heterocycles. The maximum atomic E-state index is 12.4. The number of benzene rings is 1. The number of amides is 1. The number of nitrogens with one attached hydrogen (secondary N) is 1. The third-order valence-electron chi connectivity index (χ3n) is 4.65. The fourth-order valence-electron chi connectivity index (χ4n) is 3.11. The molecule has 0 bridgehead atoms. The van der Waals surface area contributed by atoms with E-state index in [1.54, 1.807) is 0 Å². The molecule has 2 aromatic rings. The number of carbonyl (C=O) groups is 1. The number of aryl methyl sites for hydroxylation is 2. The van der Waals surface area contributed by atoms with Gasteiger partial charge >= 0.3 is 0 Å². The van der Waals surface area contributed by atoms with Gasteiger partial charge in [0.1, 0.15) is 5.82 Å². The molecule has 1 aromatic heterocycles. The van der Waals surface area contributed by atoms with Gasteiger partial charge in [-0.1, -0.05) is 35.9 Å². The van der Waals surface area contributed by atoms with Crippen molar-refractivity contribution < 1.29 is 4.79 Å². The Labute approximate surface area is 143 Å². The van der Waals surface area contributed by atoms with Gasteiger partial charge in [-0.25, -0.2) is 4.98 Å². The lowest BCUT2D eigenvalue weighted by molar-refractivity contribution is -0.125. The Morgan fingerprint density at radius 2 is 1.83 bits per heavy atom. The Bertz CT molecular complexity index is 688. The normalized spacial score (nSPS) is 15.3. The minimum Gasteiger partial charge on any atom is -0.357 e. The van der Waals surface area contributed by atoms with Gasteiger partial charge in [0.05, 0.1) is 0 Å². The molecule has 0 spiro atoms. The molecule has 1 amide bonds. The van der Waals surface area contributed by atoms with Crippen LogP contribution < -0.4 is 10.2 Å². The van der Waals surface area contributed by atoms with E-state index in [9.17, 15) is 4.79 Å². The second-order valence-electron chi connectivity index (χ2n) is 6.60. The summed E-state index contributed by atoms with van der Waals surface area (Å²) >= 11 is 0. The number of anilines is 1. The van der Waals surface area contributed by atoms with E-state index in [-0.39, 0.29) is 11.8 Å². The van der Waals surface area contributed by atoms with Crippen molar-refractivity contribution in [2.75, 3.05) is 18.0 Å². The zero-order valence-electron chi connectivity index (χ0n) is 14.5. The Balaban J connectivity index is 1.49. The number of hydrogen-bond acceptors (Lipinski definition) is 3. The highest BCUT2D eigenvalue weighted by molar-refractivity contribution is 5.79. The lowest BCUT2D eigenvalue weighted by Crippen LogP contribution is -2.40. The van der Waals surface area contributed by atoms with E-state index in [0.29, 0.717) is 6.54 Å². The first-order chi connectivity index (χ1) is 11.6. The SMILES string of the molecule is Cc1ccc(CNC(=O)C2CCN(c3cccc(C)n3)CC2)cc1. The molecule has 1 saturated heterocycles. The van der Waals surface area contributed by atoms with Crippen molar-refractivity contribution in [2.45, 2.75) is 33.2 Å². The zero-order chi connectivity index (χ0) is 16.9. The van der Waals surface area contributed by atoms with E-state index in [1.807, 2.05) is 25.1 Å². The van der Waals surface area contributed by atoms with Gasteiger partial charge in [-0.15, -0.1) is 0 Å². The van der Waals surface area contributed by atoms with Crippen LogP contribution in [0.25, 0.3) is 0 Å². The van der Waals surface area contributed by atoms with Crippen LogP contribution in [-0.4, -0.2) is 24.0 Å². The van der Waals surface area contributed by atoms with Crippen molar-refractivity contribution in [1.29, 1.82) is 0 Å². The monoisotopic (exact) mass is 323 g/mol. The van der Waals surface area contributed by atoms with Crippen molar-refractivity contribution in [3.63, 3.8) is 0 Å². The molecule has 126 valence electrons. The molecule has 0 aliphatic carbocycles. The molecule has 1 fully saturated rings. The van der Waals surface area contributed by atoms with Crippen LogP contribution in [0.4, 0.5) is 5.82 Å². The Morgan fingerprint density at radius 3 is 2.50 bits per heavy atom. The summed E-state index contributed by atoms with van der Waals surface area (Å²) < 4.78 is 0. The van der Waals surface area contributed by atoms with Crippen LogP contribution in [0.3, 0.4) is 0 Å². The fourth-order valence-corrected chi connectivity index (χ4v) is 3.11. The molecular formula is C20H25N3O. The number of piperidine rings is 1. The predicted octanol–water partition coefficient (Wildman–Crippen LogP) is 3.23. The van der Waals surface area contributed by atoms with Gasteiger partial charge in [0.25, 0.3) is 0 Å². The van der Waals surface area contributed by atoms with Crippen molar-refractivity contribution in [3.05, 3.63) is 59.3 Å². The van der Waals surface area contributed by atoms with Gasteiger partial charge in [-0.2, -0.15) is 0 Å². The molecule has 0 saturated carbocycles. The first kappa shape index (κ1) is 16.5. The molecule has 0 radical (unpaired) electrons. The Hall–Kier alpha value is -2.36. The first-order valence-electron chi connectivity index (χ1n) is 8.64. The van der Waals surface area contributed by atoms with Gasteiger partial charge in [0.2, 0.25) is 5.91 Å². The maximum absolute atomic E-state index is 12.4. The summed E-state index contributed by atoms with van der Waals surface area (Å²) in [6.45, 7) is 6.46. The highest BCUT2D eigenvalue weighted by Gasteiger charge is 2.25. The number of nitrogens with zero attached hydrogens (tertiary/aromatic N) is 2. The van der Waals surface area contributed by atoms with Crippen molar-refractivity contribution >= 4 is 11.7 Å². The summed E-state index contributed by atoms with van der Waals surface area (Å²) in [6.07, 6.45) is 1.77. The molecule has 0 atom stereocenters. The summed E-state index contributed by atoms with van der Waals surface area (Å²) in [5, 5.41) is 3.08. The summed E-state index contributed by atoms with van der Waals surface area (Å²) in [5.41, 5.74) is 3.42. The lowest BCUT2D eigenvalue weighted by Gasteiger charge is -2.32. The van der Waals surface area contributed by atoms with Crippen molar-refractivity contribution in [1.82, 2.24) is 10.3 Å². The van der Waals surface area contributed by atoms with E-state index >= 15 is 0 Å². The second-order valence-corrected chi connectivity index (χ2v) is 6.60. The third kappa shape index (κ3) is 4.13. The first-order valence-corrected chi connectivity index (χ1v) is 8.64. The molecular weight excluding hydrogens is 298 g/mol. The largest absolute Gasteiger partial charge is 0.357 e. The van der Waals surface area contributed by atoms with E-state index in [2.05, 4.69) is 46.4 Å². The average molecular weight is 323 g/mol. The summed E-state index contributed by atoms with van der Waals surface area (Å²) in [6, 6.07) is 14.4. The van der Waals surface area contributed by atoms with E-state index in [4.69, 9.17) is 0 Å². The van der Waals surface area contributed by atoms with E-state index < -0.39 is 0 Å². The van der Waals surface area contributed by atoms with Crippen LogP contribution in [0, 0.1) is 19.8 Å². The molecule has 3 rings (SSSR count). The molecule has 1 aromatic carbocycles. The number of pyridine rings is 1. The van der Waals surface area contributed by atoms with Crippen molar-refractivity contribution in [3.8, 4) is 0 Å². The highest BCUT2D eigenvalue weighted by Crippen LogP contribution is 2.22. The van der Waals surface area contributed by atoms with Crippen molar-refractivity contribution in [2.24, 2.45) is 5.92 Å². The predicted molar refractivity (Wildman–Crippen MR) is 96.9 cm³/mol. The summed E-state index contributed by atoms with van der Waals surface area (Å²) in [4.78, 5) is 19.2. The molecule has 24 heavy (non-hydrogen) atoms. The summed E-state index contributed by atoms with van der Waals surface area (Å²) in [7, 11) is 0. The molecule has 1 N–H and O–H groups in total.